The lowest BCUT2D eigenvalue weighted by Gasteiger charge is -2.09. The Morgan fingerprint density at radius 3 is 2.30 bits per heavy atom. The second kappa shape index (κ2) is 9.51. The van der Waals surface area contributed by atoms with Gasteiger partial charge in [0.1, 0.15) is 0 Å². The molecule has 1 heterocycles. The monoisotopic (exact) mass is 443 g/mol. The van der Waals surface area contributed by atoms with E-state index in [0.717, 1.165) is 0 Å². The molecule has 0 saturated carbocycles. The molecule has 0 fully saturated rings. The molecule has 0 unspecified atom stereocenters. The van der Waals surface area contributed by atoms with Gasteiger partial charge in [-0.15, -0.1) is 0 Å². The van der Waals surface area contributed by atoms with Crippen molar-refractivity contribution >= 4 is 44.6 Å². The van der Waals surface area contributed by atoms with E-state index in [1.165, 1.54) is 30.3 Å². The average Bonchev–Trinajstić information content (AvgIpc) is 2.74. The van der Waals surface area contributed by atoms with Gasteiger partial charge in [0.05, 0.1) is 10.6 Å². The third-order valence-electron chi connectivity index (χ3n) is 4.12. The largest absolute Gasteiger partial charge is 0.326 e. The molecule has 0 radical (unpaired) electrons. The van der Waals surface area contributed by atoms with Crippen molar-refractivity contribution in [3.8, 4) is 0 Å². The van der Waals surface area contributed by atoms with Gasteiger partial charge in [-0.3, -0.25) is 14.6 Å². The van der Waals surface area contributed by atoms with Gasteiger partial charge in [-0.2, -0.15) is 0 Å². The van der Waals surface area contributed by atoms with Crippen molar-refractivity contribution in [2.75, 3.05) is 16.4 Å². The lowest BCUT2D eigenvalue weighted by atomic mass is 10.2. The van der Waals surface area contributed by atoms with Crippen molar-refractivity contribution in [1.82, 2.24) is 4.98 Å². The Balaban J connectivity index is 1.59. The molecule has 0 saturated heterocycles. The summed E-state index contributed by atoms with van der Waals surface area (Å²) in [5, 5.41) is 5.78. The van der Waals surface area contributed by atoms with E-state index >= 15 is 0 Å². The number of hydrogen-bond donors (Lipinski definition) is 2. The highest BCUT2D eigenvalue weighted by molar-refractivity contribution is 7.91. The van der Waals surface area contributed by atoms with Gasteiger partial charge >= 0.3 is 0 Å². The van der Waals surface area contributed by atoms with Crippen LogP contribution >= 0.6 is 11.6 Å². The van der Waals surface area contributed by atoms with E-state index in [2.05, 4.69) is 15.6 Å². The summed E-state index contributed by atoms with van der Waals surface area (Å²) in [6.45, 7) is 0. The van der Waals surface area contributed by atoms with E-state index in [9.17, 15) is 18.0 Å². The van der Waals surface area contributed by atoms with Crippen LogP contribution < -0.4 is 10.6 Å². The molecule has 0 spiro atoms. The second-order valence-corrected chi connectivity index (χ2v) is 8.89. The molecular formula is C21H18ClN3O4S. The van der Waals surface area contributed by atoms with E-state index in [-0.39, 0.29) is 23.0 Å². The Bertz CT molecular complexity index is 1150. The van der Waals surface area contributed by atoms with Crippen LogP contribution in [0.15, 0.2) is 78.0 Å². The van der Waals surface area contributed by atoms with Crippen LogP contribution in [0.3, 0.4) is 0 Å². The summed E-state index contributed by atoms with van der Waals surface area (Å²) in [6.07, 6.45) is 2.90. The Kier molecular flexibility index (Phi) is 6.81. The van der Waals surface area contributed by atoms with Gasteiger partial charge in [0.25, 0.3) is 5.91 Å². The molecule has 3 aromatic rings. The summed E-state index contributed by atoms with van der Waals surface area (Å²) in [6, 6.07) is 15.5. The molecule has 0 aliphatic carbocycles. The summed E-state index contributed by atoms with van der Waals surface area (Å²) in [5.41, 5.74) is 1.33. The van der Waals surface area contributed by atoms with Crippen LogP contribution in [-0.2, 0) is 14.6 Å². The highest BCUT2D eigenvalue weighted by Gasteiger charge is 2.17. The summed E-state index contributed by atoms with van der Waals surface area (Å²) in [5.74, 6) is -1.16. The Morgan fingerprint density at radius 2 is 1.60 bits per heavy atom. The van der Waals surface area contributed by atoms with Gasteiger partial charge < -0.3 is 10.6 Å². The van der Waals surface area contributed by atoms with E-state index < -0.39 is 15.7 Å². The molecule has 2 aromatic carbocycles. The lowest BCUT2D eigenvalue weighted by molar-refractivity contribution is -0.115. The molecule has 7 nitrogen and oxygen atoms in total. The van der Waals surface area contributed by atoms with Gasteiger partial charge in [0.15, 0.2) is 9.84 Å². The number of aromatic nitrogens is 1. The number of rotatable bonds is 7. The Morgan fingerprint density at radius 1 is 0.900 bits per heavy atom. The first-order valence-electron chi connectivity index (χ1n) is 8.93. The van der Waals surface area contributed by atoms with Crippen LogP contribution in [-0.4, -0.2) is 31.0 Å². The first-order chi connectivity index (χ1) is 14.3. The first-order valence-corrected chi connectivity index (χ1v) is 11.0. The fourth-order valence-electron chi connectivity index (χ4n) is 2.59. The van der Waals surface area contributed by atoms with Gasteiger partial charge in [0.2, 0.25) is 5.91 Å². The van der Waals surface area contributed by atoms with Crippen molar-refractivity contribution in [3.05, 3.63) is 83.6 Å². The van der Waals surface area contributed by atoms with E-state index in [4.69, 9.17) is 11.6 Å². The SMILES string of the molecule is O=C(CCS(=O)(=O)c1ccc(Cl)cc1)Nc1cccc(C(=O)Nc2ccncc2)c1. The van der Waals surface area contributed by atoms with Crippen LogP contribution in [0.4, 0.5) is 11.4 Å². The number of nitrogens with zero attached hydrogens (tertiary/aromatic N) is 1. The molecule has 154 valence electrons. The molecule has 0 aliphatic rings. The molecule has 9 heteroatoms. The summed E-state index contributed by atoms with van der Waals surface area (Å²) in [4.78, 5) is 28.6. The van der Waals surface area contributed by atoms with Crippen LogP contribution in [0.2, 0.25) is 5.02 Å². The van der Waals surface area contributed by atoms with Crippen LogP contribution in [0, 0.1) is 0 Å². The number of pyridine rings is 1. The number of halogens is 1. The number of sulfone groups is 1. The predicted octanol–water partition coefficient (Wildman–Crippen LogP) is 3.79. The zero-order valence-electron chi connectivity index (χ0n) is 15.7. The molecule has 2 N–H and O–H groups in total. The summed E-state index contributed by atoms with van der Waals surface area (Å²) >= 11 is 5.77. The molecule has 30 heavy (non-hydrogen) atoms. The van der Waals surface area contributed by atoms with Crippen LogP contribution in [0.5, 0.6) is 0 Å². The van der Waals surface area contributed by atoms with E-state index in [0.29, 0.717) is 22.0 Å². The predicted molar refractivity (Wildman–Crippen MR) is 115 cm³/mol. The Hall–Kier alpha value is -3.23. The van der Waals surface area contributed by atoms with Crippen molar-refractivity contribution in [2.24, 2.45) is 0 Å². The number of anilines is 2. The second-order valence-electron chi connectivity index (χ2n) is 6.34. The van der Waals surface area contributed by atoms with Crippen LogP contribution in [0.25, 0.3) is 0 Å². The van der Waals surface area contributed by atoms with Gasteiger partial charge in [-0.25, -0.2) is 8.42 Å². The molecule has 0 atom stereocenters. The minimum atomic E-state index is -3.61. The van der Waals surface area contributed by atoms with Gasteiger partial charge in [-0.05, 0) is 54.6 Å². The molecule has 1 aromatic heterocycles. The molecule has 2 amide bonds. The van der Waals surface area contributed by atoms with Gasteiger partial charge in [-0.1, -0.05) is 17.7 Å². The van der Waals surface area contributed by atoms with E-state index in [1.807, 2.05) is 0 Å². The Labute approximate surface area is 179 Å². The first kappa shape index (κ1) is 21.5. The maximum Gasteiger partial charge on any atom is 0.255 e. The molecule has 0 aliphatic heterocycles. The molecule has 3 rings (SSSR count). The molecular weight excluding hydrogens is 426 g/mol. The number of carbonyl (C=O) groups is 2. The average molecular weight is 444 g/mol. The summed E-state index contributed by atoms with van der Waals surface area (Å²) < 4.78 is 24.7. The number of nitrogens with one attached hydrogen (secondary N) is 2. The number of carbonyl (C=O) groups excluding carboxylic acids is 2. The minimum Gasteiger partial charge on any atom is -0.326 e. The van der Waals surface area contributed by atoms with Crippen molar-refractivity contribution in [3.63, 3.8) is 0 Å². The number of amides is 2. The lowest BCUT2D eigenvalue weighted by Crippen LogP contribution is -2.18. The van der Waals surface area contributed by atoms with Gasteiger partial charge in [0, 0.05) is 40.8 Å². The fourth-order valence-corrected chi connectivity index (χ4v) is 3.95. The normalized spacial score (nSPS) is 11.0. The van der Waals surface area contributed by atoms with Crippen molar-refractivity contribution < 1.29 is 18.0 Å². The quantitative estimate of drug-likeness (QED) is 0.578. The summed E-state index contributed by atoms with van der Waals surface area (Å²) in [7, 11) is -3.61. The van der Waals surface area contributed by atoms with Crippen LogP contribution in [0.1, 0.15) is 16.8 Å². The topological polar surface area (TPSA) is 105 Å². The maximum atomic E-state index is 12.4. The third kappa shape index (κ3) is 5.88. The highest BCUT2D eigenvalue weighted by Crippen LogP contribution is 2.17. The minimum absolute atomic E-state index is 0.106. The number of hydrogen-bond acceptors (Lipinski definition) is 5. The maximum absolute atomic E-state index is 12.4. The zero-order valence-corrected chi connectivity index (χ0v) is 17.3. The number of benzene rings is 2. The van der Waals surface area contributed by atoms with Crippen molar-refractivity contribution in [2.45, 2.75) is 11.3 Å². The molecule has 0 bridgehead atoms. The smallest absolute Gasteiger partial charge is 0.255 e. The van der Waals surface area contributed by atoms with Crippen molar-refractivity contribution in [1.29, 1.82) is 0 Å². The standard InChI is InChI=1S/C21H18ClN3O4S/c22-16-4-6-19(7-5-16)30(28,29)13-10-20(26)24-18-3-1-2-15(14-18)21(27)25-17-8-11-23-12-9-17/h1-9,11-12,14H,10,13H2,(H,24,26)(H,23,25,27). The van der Waals surface area contributed by atoms with E-state index in [1.54, 1.807) is 42.7 Å². The highest BCUT2D eigenvalue weighted by atomic mass is 35.5. The third-order valence-corrected chi connectivity index (χ3v) is 6.10. The zero-order chi connectivity index (χ0) is 21.6. The fraction of sp³-hybridized carbons (Fsp3) is 0.0952.